The zero-order chi connectivity index (χ0) is 24.1. The van der Waals surface area contributed by atoms with E-state index in [1.165, 1.54) is 0 Å². The van der Waals surface area contributed by atoms with Gasteiger partial charge in [0.25, 0.3) is 0 Å². The van der Waals surface area contributed by atoms with E-state index < -0.39 is 11.9 Å². The van der Waals surface area contributed by atoms with E-state index in [1.807, 2.05) is 13.8 Å². The maximum Gasteiger partial charge on any atom is 0.338 e. The maximum atomic E-state index is 12.1. The highest BCUT2D eigenvalue weighted by Crippen LogP contribution is 2.13. The molecule has 0 spiro atoms. The molecule has 2 amide bonds. The summed E-state index contributed by atoms with van der Waals surface area (Å²) in [5.41, 5.74) is 1.97. The Bertz CT molecular complexity index is 861. The van der Waals surface area contributed by atoms with Gasteiger partial charge in [-0.2, -0.15) is 0 Å². The van der Waals surface area contributed by atoms with Gasteiger partial charge in [0.1, 0.15) is 0 Å². The van der Waals surface area contributed by atoms with Gasteiger partial charge in [-0.3, -0.25) is 9.59 Å². The average molecular weight is 455 g/mol. The normalized spacial score (nSPS) is 10.2. The number of carbonyl (C=O) groups excluding carboxylic acids is 4. The van der Waals surface area contributed by atoms with Crippen molar-refractivity contribution in [1.29, 1.82) is 0 Å². The zero-order valence-electron chi connectivity index (χ0n) is 19.0. The van der Waals surface area contributed by atoms with Gasteiger partial charge in [-0.15, -0.1) is 0 Å². The summed E-state index contributed by atoms with van der Waals surface area (Å²) in [5, 5.41) is 5.48. The minimum atomic E-state index is -0.396. The van der Waals surface area contributed by atoms with Crippen molar-refractivity contribution in [3.05, 3.63) is 59.7 Å². The number of amides is 2. The van der Waals surface area contributed by atoms with Crippen molar-refractivity contribution in [2.24, 2.45) is 0 Å². The van der Waals surface area contributed by atoms with Crippen LogP contribution in [0.5, 0.6) is 0 Å². The Labute approximate surface area is 193 Å². The van der Waals surface area contributed by atoms with Crippen LogP contribution in [-0.4, -0.2) is 37.0 Å². The summed E-state index contributed by atoms with van der Waals surface area (Å²) in [4.78, 5) is 47.8. The van der Waals surface area contributed by atoms with Gasteiger partial charge in [-0.1, -0.05) is 13.8 Å². The molecule has 0 saturated carbocycles. The molecular formula is C25H30N2O6. The Morgan fingerprint density at radius 3 is 1.33 bits per heavy atom. The quantitative estimate of drug-likeness (QED) is 0.455. The molecule has 0 fully saturated rings. The predicted molar refractivity (Wildman–Crippen MR) is 125 cm³/mol. The third-order valence-electron chi connectivity index (χ3n) is 4.49. The number of hydrogen-bond acceptors (Lipinski definition) is 6. The second-order valence-electron chi connectivity index (χ2n) is 7.38. The molecular weight excluding hydrogens is 424 g/mol. The summed E-state index contributed by atoms with van der Waals surface area (Å²) in [6.07, 6.45) is 2.23. The van der Waals surface area contributed by atoms with Crippen LogP contribution in [0.15, 0.2) is 48.5 Å². The summed E-state index contributed by atoms with van der Waals surface area (Å²) in [6, 6.07) is 12.9. The topological polar surface area (TPSA) is 111 Å². The number of carbonyl (C=O) groups is 4. The Morgan fingerprint density at radius 1 is 0.636 bits per heavy atom. The van der Waals surface area contributed by atoms with E-state index in [9.17, 15) is 19.2 Å². The Kier molecular flexibility index (Phi) is 10.6. The molecule has 8 heteroatoms. The SMILES string of the molecule is CCCOC(=O)c1ccc(NC(=O)CCCC(=O)Nc2ccc(C(=O)OCCC)cc2)cc1. The number of anilines is 2. The van der Waals surface area contributed by atoms with Crippen LogP contribution in [0.25, 0.3) is 0 Å². The van der Waals surface area contributed by atoms with Crippen LogP contribution in [0.1, 0.15) is 66.7 Å². The molecule has 0 aliphatic heterocycles. The summed E-state index contributed by atoms with van der Waals surface area (Å²) in [5.74, 6) is -1.24. The number of hydrogen-bond donors (Lipinski definition) is 2. The lowest BCUT2D eigenvalue weighted by Crippen LogP contribution is -2.15. The van der Waals surface area contributed by atoms with Crippen molar-refractivity contribution in [1.82, 2.24) is 0 Å². The maximum absolute atomic E-state index is 12.1. The Morgan fingerprint density at radius 2 is 1.00 bits per heavy atom. The lowest BCUT2D eigenvalue weighted by Gasteiger charge is -2.08. The first-order valence-electron chi connectivity index (χ1n) is 11.1. The molecule has 0 unspecified atom stereocenters. The van der Waals surface area contributed by atoms with E-state index in [0.717, 1.165) is 12.8 Å². The minimum Gasteiger partial charge on any atom is -0.462 e. The molecule has 0 bridgehead atoms. The molecule has 0 atom stereocenters. The van der Waals surface area contributed by atoms with Crippen LogP contribution in [-0.2, 0) is 19.1 Å². The highest BCUT2D eigenvalue weighted by molar-refractivity contribution is 5.95. The molecule has 0 heterocycles. The fourth-order valence-corrected chi connectivity index (χ4v) is 2.79. The molecule has 0 saturated heterocycles. The van der Waals surface area contributed by atoms with E-state index in [4.69, 9.17) is 9.47 Å². The largest absolute Gasteiger partial charge is 0.462 e. The predicted octanol–water partition coefficient (Wildman–Crippen LogP) is 4.57. The standard InChI is InChI=1S/C25H30N2O6/c1-3-16-32-24(30)18-8-12-20(13-9-18)26-22(28)6-5-7-23(29)27-21-14-10-19(11-15-21)25(31)33-17-4-2/h8-15H,3-7,16-17H2,1-2H3,(H,26,28)(H,27,29). The van der Waals surface area contributed by atoms with Gasteiger partial charge >= 0.3 is 11.9 Å². The molecule has 0 radical (unpaired) electrons. The molecule has 2 rings (SSSR count). The van der Waals surface area contributed by atoms with E-state index in [-0.39, 0.29) is 24.7 Å². The van der Waals surface area contributed by atoms with Crippen molar-refractivity contribution in [2.45, 2.75) is 46.0 Å². The van der Waals surface area contributed by atoms with Crippen molar-refractivity contribution < 1.29 is 28.7 Å². The molecule has 2 aromatic rings. The summed E-state index contributed by atoms with van der Waals surface area (Å²) in [7, 11) is 0. The van der Waals surface area contributed by atoms with Crippen LogP contribution < -0.4 is 10.6 Å². The second kappa shape index (κ2) is 13.7. The van der Waals surface area contributed by atoms with Gasteiger partial charge in [-0.25, -0.2) is 9.59 Å². The van der Waals surface area contributed by atoms with Gasteiger partial charge in [-0.05, 0) is 67.8 Å². The van der Waals surface area contributed by atoms with Crippen LogP contribution >= 0.6 is 0 Å². The van der Waals surface area contributed by atoms with E-state index in [2.05, 4.69) is 10.6 Å². The lowest BCUT2D eigenvalue weighted by molar-refractivity contribution is -0.117. The van der Waals surface area contributed by atoms with Crippen molar-refractivity contribution in [2.75, 3.05) is 23.8 Å². The molecule has 176 valence electrons. The van der Waals surface area contributed by atoms with Crippen molar-refractivity contribution in [3.8, 4) is 0 Å². The van der Waals surface area contributed by atoms with Crippen LogP contribution in [0.4, 0.5) is 11.4 Å². The lowest BCUT2D eigenvalue weighted by atomic mass is 10.2. The van der Waals surface area contributed by atoms with E-state index in [0.29, 0.717) is 42.1 Å². The Balaban J connectivity index is 1.71. The smallest absolute Gasteiger partial charge is 0.338 e. The van der Waals surface area contributed by atoms with Crippen LogP contribution in [0.2, 0.25) is 0 Å². The minimum absolute atomic E-state index is 0.177. The molecule has 2 aromatic carbocycles. The fourth-order valence-electron chi connectivity index (χ4n) is 2.79. The molecule has 0 aromatic heterocycles. The average Bonchev–Trinajstić information content (AvgIpc) is 2.81. The third-order valence-corrected chi connectivity index (χ3v) is 4.49. The van der Waals surface area contributed by atoms with Crippen LogP contribution in [0, 0.1) is 0 Å². The number of nitrogens with one attached hydrogen (secondary N) is 2. The highest BCUT2D eigenvalue weighted by Gasteiger charge is 2.10. The van der Waals surface area contributed by atoms with Gasteiger partial charge in [0.05, 0.1) is 24.3 Å². The summed E-state index contributed by atoms with van der Waals surface area (Å²) in [6.45, 7) is 4.57. The summed E-state index contributed by atoms with van der Waals surface area (Å²) < 4.78 is 10.1. The number of esters is 2. The fraction of sp³-hybridized carbons (Fsp3) is 0.360. The van der Waals surface area contributed by atoms with E-state index >= 15 is 0 Å². The van der Waals surface area contributed by atoms with Gasteiger partial charge in [0, 0.05) is 24.2 Å². The first kappa shape index (κ1) is 25.6. The molecule has 0 aliphatic carbocycles. The number of ether oxygens (including phenoxy) is 2. The summed E-state index contributed by atoms with van der Waals surface area (Å²) >= 11 is 0. The molecule has 0 aliphatic rings. The van der Waals surface area contributed by atoms with Gasteiger partial charge in [0.2, 0.25) is 11.8 Å². The molecule has 2 N–H and O–H groups in total. The van der Waals surface area contributed by atoms with Crippen LogP contribution in [0.3, 0.4) is 0 Å². The number of benzene rings is 2. The highest BCUT2D eigenvalue weighted by atomic mass is 16.5. The first-order valence-corrected chi connectivity index (χ1v) is 11.1. The van der Waals surface area contributed by atoms with Crippen molar-refractivity contribution in [3.63, 3.8) is 0 Å². The first-order chi connectivity index (χ1) is 15.9. The second-order valence-corrected chi connectivity index (χ2v) is 7.38. The monoisotopic (exact) mass is 454 g/mol. The van der Waals surface area contributed by atoms with Crippen molar-refractivity contribution >= 4 is 35.1 Å². The molecule has 8 nitrogen and oxygen atoms in total. The zero-order valence-corrected chi connectivity index (χ0v) is 19.0. The number of rotatable bonds is 12. The molecule has 33 heavy (non-hydrogen) atoms. The van der Waals surface area contributed by atoms with Gasteiger partial charge < -0.3 is 20.1 Å². The van der Waals surface area contributed by atoms with Gasteiger partial charge in [0.15, 0.2) is 0 Å². The van der Waals surface area contributed by atoms with E-state index in [1.54, 1.807) is 48.5 Å². The Hall–Kier alpha value is -3.68. The third kappa shape index (κ3) is 9.14.